The minimum Gasteiger partial charge on any atom is -0.339 e. The van der Waals surface area contributed by atoms with Gasteiger partial charge in [0.05, 0.1) is 0 Å². The minimum absolute atomic E-state index is 0.0588. The quantitative estimate of drug-likeness (QED) is 0.581. The van der Waals surface area contributed by atoms with E-state index in [4.69, 9.17) is 11.6 Å². The zero-order chi connectivity index (χ0) is 17.0. The van der Waals surface area contributed by atoms with Gasteiger partial charge in [-0.2, -0.15) is 0 Å². The third kappa shape index (κ3) is 4.69. The summed E-state index contributed by atoms with van der Waals surface area (Å²) in [5.41, 5.74) is 0. The van der Waals surface area contributed by atoms with Crippen LogP contribution in [0, 0.1) is 11.8 Å². The summed E-state index contributed by atoms with van der Waals surface area (Å²) in [4.78, 5) is 27.3. The standard InChI is InChI=1S/C17H26ClFN2O2/c1-3-16(22)20-6-8-21(9-7-20)17(23)5-4-13-10-12(2)14(18)11-15(13)19/h3,12-15H,1,4-11H2,2H3. The highest BCUT2D eigenvalue weighted by Gasteiger charge is 2.34. The van der Waals surface area contributed by atoms with Crippen LogP contribution in [0.3, 0.4) is 0 Å². The van der Waals surface area contributed by atoms with E-state index in [0.717, 1.165) is 6.42 Å². The lowest BCUT2D eigenvalue weighted by Gasteiger charge is -2.36. The molecule has 2 aliphatic rings. The molecule has 1 aliphatic carbocycles. The van der Waals surface area contributed by atoms with Gasteiger partial charge in [0.1, 0.15) is 6.17 Å². The highest BCUT2D eigenvalue weighted by molar-refractivity contribution is 6.20. The summed E-state index contributed by atoms with van der Waals surface area (Å²) in [6, 6.07) is 0. The van der Waals surface area contributed by atoms with Crippen molar-refractivity contribution in [3.63, 3.8) is 0 Å². The van der Waals surface area contributed by atoms with Crippen LogP contribution in [0.2, 0.25) is 0 Å². The second-order valence-electron chi connectivity index (χ2n) is 6.69. The van der Waals surface area contributed by atoms with Crippen LogP contribution < -0.4 is 0 Å². The molecule has 0 bridgehead atoms. The van der Waals surface area contributed by atoms with Crippen LogP contribution in [0.1, 0.15) is 32.6 Å². The van der Waals surface area contributed by atoms with E-state index in [1.165, 1.54) is 6.08 Å². The zero-order valence-corrected chi connectivity index (χ0v) is 14.5. The van der Waals surface area contributed by atoms with Gasteiger partial charge in [0.25, 0.3) is 0 Å². The fourth-order valence-electron chi connectivity index (χ4n) is 3.48. The molecule has 130 valence electrons. The number of alkyl halides is 2. The predicted molar refractivity (Wildman–Crippen MR) is 89.0 cm³/mol. The second kappa shape index (κ2) is 8.13. The van der Waals surface area contributed by atoms with E-state index in [9.17, 15) is 14.0 Å². The van der Waals surface area contributed by atoms with Crippen LogP contribution in [-0.2, 0) is 9.59 Å². The van der Waals surface area contributed by atoms with Gasteiger partial charge in [-0.05, 0) is 37.2 Å². The fraction of sp³-hybridized carbons (Fsp3) is 0.765. The van der Waals surface area contributed by atoms with Crippen LogP contribution >= 0.6 is 11.6 Å². The number of carbonyl (C=O) groups excluding carboxylic acids is 2. The highest BCUT2D eigenvalue weighted by atomic mass is 35.5. The predicted octanol–water partition coefficient (Wildman–Crippen LogP) is 2.62. The smallest absolute Gasteiger partial charge is 0.246 e. The third-order valence-corrected chi connectivity index (χ3v) is 5.71. The molecule has 0 aromatic carbocycles. The summed E-state index contributed by atoms with van der Waals surface area (Å²) in [6.45, 7) is 7.69. The fourth-order valence-corrected chi connectivity index (χ4v) is 3.76. The van der Waals surface area contributed by atoms with Crippen molar-refractivity contribution in [3.05, 3.63) is 12.7 Å². The van der Waals surface area contributed by atoms with Gasteiger partial charge >= 0.3 is 0 Å². The number of amides is 2. The van der Waals surface area contributed by atoms with E-state index in [1.54, 1.807) is 9.80 Å². The van der Waals surface area contributed by atoms with Crippen LogP contribution in [0.15, 0.2) is 12.7 Å². The first-order chi connectivity index (χ1) is 10.9. The monoisotopic (exact) mass is 344 g/mol. The van der Waals surface area contributed by atoms with Crippen LogP contribution in [-0.4, -0.2) is 59.3 Å². The molecule has 2 fully saturated rings. The number of nitrogens with zero attached hydrogens (tertiary/aromatic N) is 2. The SMILES string of the molecule is C=CC(=O)N1CCN(C(=O)CCC2CC(C)C(Cl)CC2F)CC1. The van der Waals surface area contributed by atoms with Crippen molar-refractivity contribution < 1.29 is 14.0 Å². The molecule has 0 radical (unpaired) electrons. The van der Waals surface area contributed by atoms with E-state index in [0.29, 0.717) is 51.4 Å². The lowest BCUT2D eigenvalue weighted by Crippen LogP contribution is -2.50. The largest absolute Gasteiger partial charge is 0.339 e. The maximum Gasteiger partial charge on any atom is 0.246 e. The van der Waals surface area contributed by atoms with Gasteiger partial charge in [-0.3, -0.25) is 9.59 Å². The van der Waals surface area contributed by atoms with Gasteiger partial charge in [0, 0.05) is 38.0 Å². The van der Waals surface area contributed by atoms with Crippen LogP contribution in [0.4, 0.5) is 4.39 Å². The Bertz CT molecular complexity index is 452. The van der Waals surface area contributed by atoms with Crippen molar-refractivity contribution in [2.24, 2.45) is 11.8 Å². The lowest BCUT2D eigenvalue weighted by atomic mass is 9.78. The van der Waals surface area contributed by atoms with Gasteiger partial charge < -0.3 is 9.80 Å². The molecule has 0 aromatic heterocycles. The third-order valence-electron chi connectivity index (χ3n) is 5.10. The average molecular weight is 345 g/mol. The number of halogens is 2. The molecule has 23 heavy (non-hydrogen) atoms. The highest BCUT2D eigenvalue weighted by Crippen LogP contribution is 2.36. The Morgan fingerprint density at radius 1 is 1.22 bits per heavy atom. The minimum atomic E-state index is -0.899. The lowest BCUT2D eigenvalue weighted by molar-refractivity contribution is -0.137. The molecular formula is C17H26ClFN2O2. The second-order valence-corrected chi connectivity index (χ2v) is 7.25. The van der Waals surface area contributed by atoms with Crippen LogP contribution in [0.25, 0.3) is 0 Å². The Morgan fingerprint density at radius 3 is 2.43 bits per heavy atom. The molecule has 6 heteroatoms. The Morgan fingerprint density at radius 2 is 1.83 bits per heavy atom. The molecule has 1 heterocycles. The molecule has 0 N–H and O–H groups in total. The molecule has 4 atom stereocenters. The summed E-state index contributed by atoms with van der Waals surface area (Å²) >= 11 is 6.11. The Labute approximate surface area is 142 Å². The molecule has 4 nitrogen and oxygen atoms in total. The van der Waals surface area contributed by atoms with Crippen molar-refractivity contribution in [1.29, 1.82) is 0 Å². The number of piperazine rings is 1. The normalized spacial score (nSPS) is 31.8. The zero-order valence-electron chi connectivity index (χ0n) is 13.7. The van der Waals surface area contributed by atoms with Crippen molar-refractivity contribution in [2.75, 3.05) is 26.2 Å². The van der Waals surface area contributed by atoms with Gasteiger partial charge in [0.2, 0.25) is 11.8 Å². The van der Waals surface area contributed by atoms with Crippen molar-refractivity contribution in [1.82, 2.24) is 9.80 Å². The molecule has 4 unspecified atom stereocenters. The summed E-state index contributed by atoms with van der Waals surface area (Å²) < 4.78 is 14.1. The van der Waals surface area contributed by atoms with E-state index in [-0.39, 0.29) is 23.1 Å². The van der Waals surface area contributed by atoms with Gasteiger partial charge in [0.15, 0.2) is 0 Å². The molecule has 0 aromatic rings. The first-order valence-corrected chi connectivity index (χ1v) is 8.83. The molecular weight excluding hydrogens is 319 g/mol. The molecule has 0 spiro atoms. The summed E-state index contributed by atoms with van der Waals surface area (Å²) in [5, 5.41) is -0.0903. The van der Waals surface area contributed by atoms with Gasteiger partial charge in [-0.25, -0.2) is 4.39 Å². The van der Waals surface area contributed by atoms with Gasteiger partial charge in [-0.15, -0.1) is 11.6 Å². The summed E-state index contributed by atoms with van der Waals surface area (Å²) in [7, 11) is 0. The maximum atomic E-state index is 14.1. The first-order valence-electron chi connectivity index (χ1n) is 8.39. The van der Waals surface area contributed by atoms with Crippen molar-refractivity contribution in [2.45, 2.75) is 44.2 Å². The maximum absolute atomic E-state index is 14.1. The van der Waals surface area contributed by atoms with E-state index >= 15 is 0 Å². The molecule has 1 saturated carbocycles. The summed E-state index contributed by atoms with van der Waals surface area (Å²) in [6.07, 6.45) is 2.50. The van der Waals surface area contributed by atoms with E-state index in [1.807, 2.05) is 6.92 Å². The van der Waals surface area contributed by atoms with E-state index in [2.05, 4.69) is 6.58 Å². The first kappa shape index (κ1) is 18.2. The Hall–Kier alpha value is -1.10. The van der Waals surface area contributed by atoms with Crippen molar-refractivity contribution >= 4 is 23.4 Å². The van der Waals surface area contributed by atoms with Gasteiger partial charge in [-0.1, -0.05) is 13.5 Å². The Kier molecular flexibility index (Phi) is 6.45. The number of rotatable bonds is 4. The average Bonchev–Trinajstić information content (AvgIpc) is 2.56. The van der Waals surface area contributed by atoms with E-state index < -0.39 is 6.17 Å². The number of hydrogen-bond acceptors (Lipinski definition) is 2. The molecule has 2 amide bonds. The van der Waals surface area contributed by atoms with Crippen LogP contribution in [0.5, 0.6) is 0 Å². The van der Waals surface area contributed by atoms with Crippen molar-refractivity contribution in [3.8, 4) is 0 Å². The molecule has 2 rings (SSSR count). The molecule has 1 saturated heterocycles. The topological polar surface area (TPSA) is 40.6 Å². The molecule has 1 aliphatic heterocycles. The Balaban J connectivity index is 1.75. The number of carbonyl (C=O) groups is 2. The number of hydrogen-bond donors (Lipinski definition) is 0. The summed E-state index contributed by atoms with van der Waals surface area (Å²) in [5.74, 6) is 0.206.